The van der Waals surface area contributed by atoms with E-state index in [1.165, 1.54) is 18.2 Å². The van der Waals surface area contributed by atoms with Gasteiger partial charge in [-0.1, -0.05) is 19.9 Å². The average Bonchev–Trinajstić information content (AvgIpc) is 3.13. The van der Waals surface area contributed by atoms with Gasteiger partial charge in [0, 0.05) is 25.0 Å². The smallest absolute Gasteiger partial charge is 0.410 e. The van der Waals surface area contributed by atoms with Gasteiger partial charge in [-0.05, 0) is 68.7 Å². The minimum atomic E-state index is -0.654. The van der Waals surface area contributed by atoms with Crippen LogP contribution in [0.5, 0.6) is 0 Å². The molecule has 5 rings (SSSR count). The van der Waals surface area contributed by atoms with Gasteiger partial charge in [0.05, 0.1) is 23.0 Å². The molecule has 1 saturated heterocycles. The van der Waals surface area contributed by atoms with Crippen molar-refractivity contribution in [3.05, 3.63) is 47.2 Å². The van der Waals surface area contributed by atoms with Crippen LogP contribution < -0.4 is 5.32 Å². The predicted octanol–water partition coefficient (Wildman–Crippen LogP) is 4.79. The first-order valence-electron chi connectivity index (χ1n) is 12.0. The molecule has 8 heteroatoms. The summed E-state index contributed by atoms with van der Waals surface area (Å²) in [6.07, 6.45) is 1.47. The summed E-state index contributed by atoms with van der Waals surface area (Å²) in [7, 11) is 0. The summed E-state index contributed by atoms with van der Waals surface area (Å²) in [5.41, 5.74) is 0.636. The molecule has 0 spiro atoms. The Bertz CT molecular complexity index is 1130. The minimum Gasteiger partial charge on any atom is -0.444 e. The van der Waals surface area contributed by atoms with Crippen molar-refractivity contribution in [2.45, 2.75) is 70.4 Å². The highest BCUT2D eigenvalue weighted by molar-refractivity contribution is 5.70. The molecule has 1 aromatic carbocycles. The molecule has 1 aliphatic heterocycles. The number of halogens is 2. The molecule has 6 nitrogen and oxygen atoms in total. The lowest BCUT2D eigenvalue weighted by Gasteiger charge is -2.50. The molecule has 2 aromatic rings. The lowest BCUT2D eigenvalue weighted by Crippen LogP contribution is -2.64. The molecule has 1 aromatic heterocycles. The third kappa shape index (κ3) is 3.25. The Morgan fingerprint density at radius 2 is 1.91 bits per heavy atom. The third-order valence-corrected chi connectivity index (χ3v) is 8.13. The molecular weight excluding hydrogens is 438 g/mol. The Morgan fingerprint density at radius 3 is 2.59 bits per heavy atom. The second kappa shape index (κ2) is 7.70. The molecule has 2 heterocycles. The number of nitrogens with zero attached hydrogens (tertiary/aromatic N) is 3. The number of benzene rings is 1. The number of carbonyl (C=O) groups excluding carboxylic acids is 1. The van der Waals surface area contributed by atoms with Crippen LogP contribution >= 0.6 is 0 Å². The molecule has 182 valence electrons. The highest BCUT2D eigenvalue weighted by Crippen LogP contribution is 2.69. The lowest BCUT2D eigenvalue weighted by molar-refractivity contribution is -0.0121. The van der Waals surface area contributed by atoms with Crippen LogP contribution in [-0.2, 0) is 10.2 Å². The van der Waals surface area contributed by atoms with E-state index in [0.29, 0.717) is 19.6 Å². The van der Waals surface area contributed by atoms with Crippen molar-refractivity contribution in [3.8, 4) is 11.3 Å². The maximum atomic E-state index is 14.5. The van der Waals surface area contributed by atoms with E-state index in [4.69, 9.17) is 4.74 Å². The van der Waals surface area contributed by atoms with Crippen LogP contribution in [0.3, 0.4) is 0 Å². The van der Waals surface area contributed by atoms with E-state index < -0.39 is 22.7 Å². The van der Waals surface area contributed by atoms with E-state index >= 15 is 0 Å². The fourth-order valence-electron chi connectivity index (χ4n) is 6.65. The Labute approximate surface area is 199 Å². The molecule has 3 aliphatic rings. The number of piperazine rings is 1. The fourth-order valence-corrected chi connectivity index (χ4v) is 6.65. The number of hydrogen-bond acceptors (Lipinski definition) is 5. The van der Waals surface area contributed by atoms with Crippen molar-refractivity contribution in [2.75, 3.05) is 19.6 Å². The first kappa shape index (κ1) is 23.1. The first-order chi connectivity index (χ1) is 16.0. The zero-order valence-electron chi connectivity index (χ0n) is 20.4. The Morgan fingerprint density at radius 1 is 1.21 bits per heavy atom. The van der Waals surface area contributed by atoms with Crippen molar-refractivity contribution in [1.82, 2.24) is 20.4 Å². The number of fused-ring (bicyclic) bond motifs is 5. The summed E-state index contributed by atoms with van der Waals surface area (Å²) in [5, 5.41) is 12.4. The molecule has 3 unspecified atom stereocenters. The number of ether oxygens (including phenoxy) is 1. The maximum Gasteiger partial charge on any atom is 0.410 e. The molecule has 2 fully saturated rings. The summed E-state index contributed by atoms with van der Waals surface area (Å²) in [4.78, 5) is 15.1. The van der Waals surface area contributed by atoms with Crippen LogP contribution in [0.2, 0.25) is 0 Å². The van der Waals surface area contributed by atoms with E-state index in [0.717, 1.165) is 24.1 Å². The second-order valence-corrected chi connectivity index (χ2v) is 11.3. The molecule has 1 saturated carbocycles. The summed E-state index contributed by atoms with van der Waals surface area (Å²) < 4.78 is 34.8. The monoisotopic (exact) mass is 470 g/mol. The van der Waals surface area contributed by atoms with Crippen LogP contribution in [0.25, 0.3) is 11.3 Å². The molecule has 2 bridgehead atoms. The molecule has 3 atom stereocenters. The first-order valence-corrected chi connectivity index (χ1v) is 12.0. The predicted molar refractivity (Wildman–Crippen MR) is 124 cm³/mol. The number of amides is 1. The second-order valence-electron chi connectivity index (χ2n) is 11.3. The Kier molecular flexibility index (Phi) is 5.24. The van der Waals surface area contributed by atoms with Crippen LogP contribution in [0, 0.1) is 17.0 Å². The number of hydrogen-bond donors (Lipinski definition) is 1. The quantitative estimate of drug-likeness (QED) is 0.684. The van der Waals surface area contributed by atoms with Crippen molar-refractivity contribution in [1.29, 1.82) is 0 Å². The van der Waals surface area contributed by atoms with Crippen molar-refractivity contribution >= 4 is 6.09 Å². The highest BCUT2D eigenvalue weighted by atomic mass is 19.1. The summed E-state index contributed by atoms with van der Waals surface area (Å²) in [6.45, 7) is 11.9. The van der Waals surface area contributed by atoms with Gasteiger partial charge in [-0.3, -0.25) is 0 Å². The summed E-state index contributed by atoms with van der Waals surface area (Å²) in [5.74, 6) is -1.15. The Hall–Kier alpha value is -2.61. The maximum absolute atomic E-state index is 14.5. The zero-order valence-corrected chi connectivity index (χ0v) is 20.4. The van der Waals surface area contributed by atoms with E-state index in [9.17, 15) is 13.6 Å². The van der Waals surface area contributed by atoms with Crippen LogP contribution in [0.1, 0.15) is 64.6 Å². The van der Waals surface area contributed by atoms with Gasteiger partial charge in [-0.2, -0.15) is 10.2 Å². The topological polar surface area (TPSA) is 67.3 Å². The van der Waals surface area contributed by atoms with Gasteiger partial charge >= 0.3 is 6.09 Å². The molecule has 2 aliphatic carbocycles. The van der Waals surface area contributed by atoms with E-state index in [1.807, 2.05) is 31.7 Å². The molecular formula is C26H32F2N4O2. The number of aromatic nitrogens is 2. The van der Waals surface area contributed by atoms with E-state index in [2.05, 4.69) is 29.4 Å². The van der Waals surface area contributed by atoms with Gasteiger partial charge in [0.2, 0.25) is 0 Å². The third-order valence-electron chi connectivity index (χ3n) is 8.13. The number of carbonyl (C=O) groups is 1. The van der Waals surface area contributed by atoms with Gasteiger partial charge in [-0.15, -0.1) is 0 Å². The minimum absolute atomic E-state index is 0.151. The average molecular weight is 471 g/mol. The van der Waals surface area contributed by atoms with Crippen LogP contribution in [0.15, 0.2) is 24.3 Å². The van der Waals surface area contributed by atoms with E-state index in [-0.39, 0.29) is 34.7 Å². The normalized spacial score (nSPS) is 27.6. The SMILES string of the molecule is CC(C)(C)OC(=O)N1CCNCC1C12CCC(c3cc(-c4c(F)cccc4F)nnc31)C2(C)C. The van der Waals surface area contributed by atoms with Gasteiger partial charge in [0.1, 0.15) is 17.2 Å². The van der Waals surface area contributed by atoms with Gasteiger partial charge in [-0.25, -0.2) is 13.6 Å². The van der Waals surface area contributed by atoms with E-state index in [1.54, 1.807) is 0 Å². The van der Waals surface area contributed by atoms with Crippen molar-refractivity contribution in [3.63, 3.8) is 0 Å². The van der Waals surface area contributed by atoms with Gasteiger partial charge in [0.25, 0.3) is 0 Å². The van der Waals surface area contributed by atoms with Gasteiger partial charge < -0.3 is 15.0 Å². The van der Waals surface area contributed by atoms with Crippen LogP contribution in [0.4, 0.5) is 13.6 Å². The largest absolute Gasteiger partial charge is 0.444 e. The van der Waals surface area contributed by atoms with Crippen molar-refractivity contribution in [2.24, 2.45) is 5.41 Å². The number of nitrogens with one attached hydrogen (secondary N) is 1. The van der Waals surface area contributed by atoms with Gasteiger partial charge in [0.15, 0.2) is 0 Å². The lowest BCUT2D eigenvalue weighted by atomic mass is 9.63. The Balaban J connectivity index is 1.61. The molecule has 0 radical (unpaired) electrons. The highest BCUT2D eigenvalue weighted by Gasteiger charge is 2.68. The van der Waals surface area contributed by atoms with Crippen LogP contribution in [-0.4, -0.2) is 52.5 Å². The standard InChI is InChI=1S/C26H32F2N4O2/c1-24(2,3)34-23(33)32-12-11-29-14-20(32)26-10-9-16(25(26,4)5)15-13-19(30-31-22(15)26)21-17(27)7-6-8-18(21)28/h6-8,13,16,20,29H,9-12,14H2,1-5H3. The molecule has 34 heavy (non-hydrogen) atoms. The van der Waals surface area contributed by atoms with Crippen molar-refractivity contribution < 1.29 is 18.3 Å². The number of rotatable bonds is 2. The zero-order chi connectivity index (χ0) is 24.5. The summed E-state index contributed by atoms with van der Waals surface area (Å²) in [6, 6.07) is 5.46. The molecule has 1 amide bonds. The summed E-state index contributed by atoms with van der Waals surface area (Å²) >= 11 is 0. The fraction of sp³-hybridized carbons (Fsp3) is 0.577. The molecule has 1 N–H and O–H groups in total.